The van der Waals surface area contributed by atoms with Gasteiger partial charge in [-0.05, 0) is 54.1 Å². The van der Waals surface area contributed by atoms with E-state index in [4.69, 9.17) is 0 Å². The van der Waals surface area contributed by atoms with Crippen LogP contribution in [0.4, 0.5) is 0 Å². The van der Waals surface area contributed by atoms with E-state index in [-0.39, 0.29) is 0 Å². The molecule has 1 nitrogen and oxygen atoms in total. The molecule has 0 saturated heterocycles. The first-order valence-electron chi connectivity index (χ1n) is 8.10. The zero-order chi connectivity index (χ0) is 13.8. The van der Waals surface area contributed by atoms with Crippen molar-refractivity contribution in [3.05, 3.63) is 48.0 Å². The third kappa shape index (κ3) is 2.88. The summed E-state index contributed by atoms with van der Waals surface area (Å²) in [5.74, 6) is 0.822. The van der Waals surface area contributed by atoms with Crippen LogP contribution in [0.3, 0.4) is 0 Å². The molecule has 1 saturated carbocycles. The summed E-state index contributed by atoms with van der Waals surface area (Å²) in [6.07, 6.45) is 6.78. The van der Waals surface area contributed by atoms with Gasteiger partial charge in [0.15, 0.2) is 0 Å². The van der Waals surface area contributed by atoms with E-state index in [2.05, 4.69) is 54.7 Å². The van der Waals surface area contributed by atoms with Crippen molar-refractivity contribution in [1.82, 2.24) is 5.32 Å². The van der Waals surface area contributed by atoms with Crippen LogP contribution in [0.2, 0.25) is 0 Å². The topological polar surface area (TPSA) is 12.0 Å². The van der Waals surface area contributed by atoms with Crippen molar-refractivity contribution in [2.45, 2.75) is 45.1 Å². The normalized spacial score (nSPS) is 17.6. The maximum absolute atomic E-state index is 3.79. The molecule has 0 heterocycles. The molecule has 0 radical (unpaired) electrons. The van der Waals surface area contributed by atoms with Gasteiger partial charge in [-0.3, -0.25) is 0 Å². The van der Waals surface area contributed by atoms with Gasteiger partial charge in [0.2, 0.25) is 0 Å². The first-order chi connectivity index (χ1) is 9.88. The summed E-state index contributed by atoms with van der Waals surface area (Å²) >= 11 is 0. The molecule has 1 heteroatoms. The van der Waals surface area contributed by atoms with Gasteiger partial charge in [0, 0.05) is 6.04 Å². The van der Waals surface area contributed by atoms with Crippen LogP contribution in [0, 0.1) is 5.92 Å². The molecule has 3 rings (SSSR count). The largest absolute Gasteiger partial charge is 0.310 e. The van der Waals surface area contributed by atoms with Crippen molar-refractivity contribution >= 4 is 10.8 Å². The molecule has 1 N–H and O–H groups in total. The Morgan fingerprint density at radius 2 is 1.80 bits per heavy atom. The fourth-order valence-corrected chi connectivity index (χ4v) is 3.55. The molecular formula is C19H25N. The van der Waals surface area contributed by atoms with Crippen LogP contribution >= 0.6 is 0 Å². The zero-order valence-electron chi connectivity index (χ0n) is 12.4. The number of rotatable bonds is 5. The van der Waals surface area contributed by atoms with E-state index < -0.39 is 0 Å². The predicted molar refractivity (Wildman–Crippen MR) is 86.9 cm³/mol. The molecule has 1 unspecified atom stereocenters. The molecule has 1 aliphatic rings. The van der Waals surface area contributed by atoms with Crippen molar-refractivity contribution in [2.75, 3.05) is 6.54 Å². The number of nitrogens with one attached hydrogen (secondary N) is 1. The second-order valence-corrected chi connectivity index (χ2v) is 6.08. The Kier molecular flexibility index (Phi) is 4.37. The smallest absolute Gasteiger partial charge is 0.0348 e. The summed E-state index contributed by atoms with van der Waals surface area (Å²) in [6.45, 7) is 3.37. The van der Waals surface area contributed by atoms with Gasteiger partial charge in [0.25, 0.3) is 0 Å². The number of hydrogen-bond acceptors (Lipinski definition) is 1. The summed E-state index contributed by atoms with van der Waals surface area (Å²) in [7, 11) is 0. The minimum atomic E-state index is 0.544. The lowest BCUT2D eigenvalue weighted by molar-refractivity contribution is 0.368. The van der Waals surface area contributed by atoms with Gasteiger partial charge in [-0.15, -0.1) is 0 Å². The highest BCUT2D eigenvalue weighted by Gasteiger charge is 2.25. The molecule has 2 aromatic carbocycles. The highest BCUT2D eigenvalue weighted by Crippen LogP contribution is 2.36. The highest BCUT2D eigenvalue weighted by molar-refractivity contribution is 5.83. The Balaban J connectivity index is 1.90. The molecule has 0 spiro atoms. The Morgan fingerprint density at radius 1 is 1.05 bits per heavy atom. The molecule has 0 aromatic heterocycles. The quantitative estimate of drug-likeness (QED) is 0.797. The Bertz CT molecular complexity index is 554. The minimum absolute atomic E-state index is 0.544. The molecule has 2 aromatic rings. The Hall–Kier alpha value is -1.34. The molecule has 0 bridgehead atoms. The van der Waals surface area contributed by atoms with Gasteiger partial charge in [0.05, 0.1) is 0 Å². The summed E-state index contributed by atoms with van der Waals surface area (Å²) in [6, 6.07) is 16.2. The zero-order valence-corrected chi connectivity index (χ0v) is 12.4. The molecule has 106 valence electrons. The van der Waals surface area contributed by atoms with Gasteiger partial charge in [0.1, 0.15) is 0 Å². The fraction of sp³-hybridized carbons (Fsp3) is 0.474. The predicted octanol–water partition coefficient (Wildman–Crippen LogP) is 5.07. The van der Waals surface area contributed by atoms with Crippen molar-refractivity contribution in [3.8, 4) is 0 Å². The first-order valence-corrected chi connectivity index (χ1v) is 8.10. The second kappa shape index (κ2) is 6.41. The molecule has 20 heavy (non-hydrogen) atoms. The standard InChI is InChI=1S/C19H25N/c1-2-13-20-19(16-8-4-5-9-16)18-12-11-15-7-3-6-10-17(15)14-18/h3,6-7,10-12,14,16,19-20H,2,4-5,8-9,13H2,1H3. The van der Waals surface area contributed by atoms with Gasteiger partial charge >= 0.3 is 0 Å². The molecule has 1 fully saturated rings. The molecule has 0 amide bonds. The van der Waals surface area contributed by atoms with Gasteiger partial charge in [-0.25, -0.2) is 0 Å². The van der Waals surface area contributed by atoms with Crippen LogP contribution < -0.4 is 5.32 Å². The lowest BCUT2D eigenvalue weighted by Gasteiger charge is -2.25. The van der Waals surface area contributed by atoms with E-state index in [0.29, 0.717) is 6.04 Å². The summed E-state index contributed by atoms with van der Waals surface area (Å²) < 4.78 is 0. The van der Waals surface area contributed by atoms with Gasteiger partial charge in [-0.1, -0.05) is 56.2 Å². The van der Waals surface area contributed by atoms with Crippen molar-refractivity contribution < 1.29 is 0 Å². The number of benzene rings is 2. The van der Waals surface area contributed by atoms with Crippen LogP contribution in [0.25, 0.3) is 10.8 Å². The van der Waals surface area contributed by atoms with E-state index in [9.17, 15) is 0 Å². The lowest BCUT2D eigenvalue weighted by atomic mass is 9.90. The summed E-state index contributed by atoms with van der Waals surface area (Å²) in [4.78, 5) is 0. The Morgan fingerprint density at radius 3 is 2.55 bits per heavy atom. The Labute approximate surface area is 122 Å². The van der Waals surface area contributed by atoms with E-state index in [0.717, 1.165) is 12.5 Å². The monoisotopic (exact) mass is 267 g/mol. The average Bonchev–Trinajstić information content (AvgIpc) is 3.02. The maximum atomic E-state index is 3.79. The second-order valence-electron chi connectivity index (χ2n) is 6.08. The lowest BCUT2D eigenvalue weighted by Crippen LogP contribution is -2.27. The van der Waals surface area contributed by atoms with E-state index in [1.165, 1.54) is 48.4 Å². The number of hydrogen-bond donors (Lipinski definition) is 1. The fourth-order valence-electron chi connectivity index (χ4n) is 3.55. The van der Waals surface area contributed by atoms with Gasteiger partial charge < -0.3 is 5.32 Å². The number of fused-ring (bicyclic) bond motifs is 1. The van der Waals surface area contributed by atoms with Crippen LogP contribution in [-0.4, -0.2) is 6.54 Å². The molecule has 1 atom stereocenters. The van der Waals surface area contributed by atoms with E-state index in [1.54, 1.807) is 0 Å². The van der Waals surface area contributed by atoms with E-state index in [1.807, 2.05) is 0 Å². The van der Waals surface area contributed by atoms with Crippen molar-refractivity contribution in [2.24, 2.45) is 5.92 Å². The summed E-state index contributed by atoms with van der Waals surface area (Å²) in [5.41, 5.74) is 1.48. The van der Waals surface area contributed by atoms with Crippen LogP contribution in [0.1, 0.15) is 50.6 Å². The van der Waals surface area contributed by atoms with Crippen LogP contribution in [0.5, 0.6) is 0 Å². The van der Waals surface area contributed by atoms with Crippen LogP contribution in [0.15, 0.2) is 42.5 Å². The van der Waals surface area contributed by atoms with Crippen LogP contribution in [-0.2, 0) is 0 Å². The summed E-state index contributed by atoms with van der Waals surface area (Å²) in [5, 5.41) is 6.50. The first kappa shape index (κ1) is 13.6. The molecule has 1 aliphatic carbocycles. The highest BCUT2D eigenvalue weighted by atomic mass is 14.9. The average molecular weight is 267 g/mol. The maximum Gasteiger partial charge on any atom is 0.0348 e. The van der Waals surface area contributed by atoms with Crippen molar-refractivity contribution in [3.63, 3.8) is 0 Å². The third-order valence-electron chi connectivity index (χ3n) is 4.62. The minimum Gasteiger partial charge on any atom is -0.310 e. The van der Waals surface area contributed by atoms with E-state index >= 15 is 0 Å². The molecule has 0 aliphatic heterocycles. The SMILES string of the molecule is CCCNC(c1ccc2ccccc2c1)C1CCCC1. The van der Waals surface area contributed by atoms with Crippen molar-refractivity contribution in [1.29, 1.82) is 0 Å². The van der Waals surface area contributed by atoms with Gasteiger partial charge in [-0.2, -0.15) is 0 Å². The third-order valence-corrected chi connectivity index (χ3v) is 4.62. The molecular weight excluding hydrogens is 242 g/mol.